The SMILES string of the molecule is COc1ccc2c(c1)CC(Nc1cc(C)nc(N(C)C(C)C)n1)CCC2. The molecule has 1 aromatic heterocycles. The molecule has 1 N–H and O–H groups in total. The number of methoxy groups -OCH3 is 1. The number of hydrogen-bond acceptors (Lipinski definition) is 5. The average molecular weight is 354 g/mol. The molecule has 0 amide bonds. The number of benzene rings is 1. The highest BCUT2D eigenvalue weighted by atomic mass is 16.5. The van der Waals surface area contributed by atoms with E-state index in [1.807, 2.05) is 20.0 Å². The van der Waals surface area contributed by atoms with Crippen LogP contribution < -0.4 is 15.0 Å². The molecule has 0 bridgehead atoms. The van der Waals surface area contributed by atoms with E-state index in [0.717, 1.165) is 42.5 Å². The highest BCUT2D eigenvalue weighted by Crippen LogP contribution is 2.26. The van der Waals surface area contributed by atoms with Gasteiger partial charge in [-0.2, -0.15) is 4.98 Å². The maximum Gasteiger partial charge on any atom is 0.227 e. The zero-order valence-electron chi connectivity index (χ0n) is 16.5. The van der Waals surface area contributed by atoms with E-state index >= 15 is 0 Å². The van der Waals surface area contributed by atoms with Gasteiger partial charge in [-0.25, -0.2) is 4.98 Å². The number of anilines is 2. The van der Waals surface area contributed by atoms with E-state index in [0.29, 0.717) is 12.1 Å². The molecule has 140 valence electrons. The van der Waals surface area contributed by atoms with Crippen LogP contribution in [0.4, 0.5) is 11.8 Å². The van der Waals surface area contributed by atoms with Crippen LogP contribution in [0.15, 0.2) is 24.3 Å². The van der Waals surface area contributed by atoms with Gasteiger partial charge >= 0.3 is 0 Å². The van der Waals surface area contributed by atoms with Gasteiger partial charge in [0.05, 0.1) is 7.11 Å². The monoisotopic (exact) mass is 354 g/mol. The summed E-state index contributed by atoms with van der Waals surface area (Å²) < 4.78 is 5.41. The van der Waals surface area contributed by atoms with Crippen LogP contribution in [0.5, 0.6) is 5.75 Å². The molecule has 3 rings (SSSR count). The van der Waals surface area contributed by atoms with Crippen LogP contribution in [0.2, 0.25) is 0 Å². The van der Waals surface area contributed by atoms with Gasteiger partial charge in [0.2, 0.25) is 5.95 Å². The number of ether oxygens (including phenoxy) is 1. The number of nitrogens with zero attached hydrogens (tertiary/aromatic N) is 3. The topological polar surface area (TPSA) is 50.3 Å². The van der Waals surface area contributed by atoms with Gasteiger partial charge in [0.25, 0.3) is 0 Å². The Kier molecular flexibility index (Phi) is 5.64. The van der Waals surface area contributed by atoms with Crippen molar-refractivity contribution < 1.29 is 4.74 Å². The van der Waals surface area contributed by atoms with Gasteiger partial charge in [-0.05, 0) is 69.7 Å². The maximum absolute atomic E-state index is 5.41. The molecule has 0 radical (unpaired) electrons. The first-order valence-corrected chi connectivity index (χ1v) is 9.47. The lowest BCUT2D eigenvalue weighted by atomic mass is 10.0. The molecule has 1 aliphatic carbocycles. The minimum absolute atomic E-state index is 0.363. The summed E-state index contributed by atoms with van der Waals surface area (Å²) in [7, 11) is 3.77. The van der Waals surface area contributed by atoms with Crippen molar-refractivity contribution in [1.29, 1.82) is 0 Å². The first-order chi connectivity index (χ1) is 12.5. The molecule has 1 atom stereocenters. The smallest absolute Gasteiger partial charge is 0.227 e. The zero-order valence-corrected chi connectivity index (χ0v) is 16.5. The molecule has 5 heteroatoms. The van der Waals surface area contributed by atoms with Gasteiger partial charge < -0.3 is 15.0 Å². The van der Waals surface area contributed by atoms with Crippen molar-refractivity contribution in [3.05, 3.63) is 41.1 Å². The van der Waals surface area contributed by atoms with Gasteiger partial charge in [-0.1, -0.05) is 6.07 Å². The molecule has 0 saturated carbocycles. The fraction of sp³-hybridized carbons (Fsp3) is 0.524. The molecule has 1 heterocycles. The summed E-state index contributed by atoms with van der Waals surface area (Å²) in [6.45, 7) is 6.32. The highest BCUT2D eigenvalue weighted by Gasteiger charge is 2.19. The van der Waals surface area contributed by atoms with Gasteiger partial charge in [0.1, 0.15) is 11.6 Å². The molecule has 1 aliphatic rings. The number of fused-ring (bicyclic) bond motifs is 1. The lowest BCUT2D eigenvalue weighted by Crippen LogP contribution is -2.29. The van der Waals surface area contributed by atoms with E-state index in [9.17, 15) is 0 Å². The maximum atomic E-state index is 5.41. The minimum Gasteiger partial charge on any atom is -0.497 e. The third-order valence-corrected chi connectivity index (χ3v) is 5.16. The molecule has 1 unspecified atom stereocenters. The predicted molar refractivity (Wildman–Crippen MR) is 107 cm³/mol. The second-order valence-electron chi connectivity index (χ2n) is 7.47. The quantitative estimate of drug-likeness (QED) is 0.823. The number of rotatable bonds is 5. The van der Waals surface area contributed by atoms with E-state index in [4.69, 9.17) is 9.72 Å². The summed E-state index contributed by atoms with van der Waals surface area (Å²) in [5, 5.41) is 3.66. The number of aromatic nitrogens is 2. The molecule has 0 fully saturated rings. The summed E-state index contributed by atoms with van der Waals surface area (Å²) in [4.78, 5) is 11.4. The summed E-state index contributed by atoms with van der Waals surface area (Å²) >= 11 is 0. The fourth-order valence-electron chi connectivity index (χ4n) is 3.42. The van der Waals surface area contributed by atoms with E-state index in [-0.39, 0.29) is 0 Å². The predicted octanol–water partition coefficient (Wildman–Crippen LogP) is 4.00. The molecule has 0 spiro atoms. The van der Waals surface area contributed by atoms with E-state index in [1.165, 1.54) is 17.5 Å². The summed E-state index contributed by atoms with van der Waals surface area (Å²) in [6, 6.07) is 9.22. The molecule has 0 aliphatic heterocycles. The van der Waals surface area contributed by atoms with E-state index < -0.39 is 0 Å². The van der Waals surface area contributed by atoms with Crippen molar-refractivity contribution in [3.63, 3.8) is 0 Å². The molecule has 2 aromatic rings. The first-order valence-electron chi connectivity index (χ1n) is 9.47. The Bertz CT molecular complexity index is 760. The van der Waals surface area contributed by atoms with Crippen LogP contribution in [-0.4, -0.2) is 36.2 Å². The van der Waals surface area contributed by atoms with E-state index in [2.05, 4.69) is 47.2 Å². The number of aryl methyl sites for hydroxylation is 2. The molecule has 1 aromatic carbocycles. The van der Waals surface area contributed by atoms with Crippen LogP contribution >= 0.6 is 0 Å². The minimum atomic E-state index is 0.363. The second kappa shape index (κ2) is 7.94. The fourth-order valence-corrected chi connectivity index (χ4v) is 3.42. The standard InChI is InChI=1S/C21H30N4O/c1-14(2)25(4)21-22-15(3)11-20(24-21)23-18-8-6-7-16-9-10-19(26-5)13-17(16)12-18/h9-11,13-14,18H,6-8,12H2,1-5H3,(H,22,23,24). The number of nitrogens with one attached hydrogen (secondary N) is 1. The second-order valence-corrected chi connectivity index (χ2v) is 7.47. The van der Waals surface area contributed by atoms with Crippen LogP contribution in [-0.2, 0) is 12.8 Å². The van der Waals surface area contributed by atoms with Crippen molar-refractivity contribution in [2.75, 3.05) is 24.4 Å². The third kappa shape index (κ3) is 4.26. The van der Waals surface area contributed by atoms with Crippen molar-refractivity contribution in [2.24, 2.45) is 0 Å². The van der Waals surface area contributed by atoms with Gasteiger partial charge in [0, 0.05) is 30.9 Å². The van der Waals surface area contributed by atoms with Crippen molar-refractivity contribution >= 4 is 11.8 Å². The normalized spacial score (nSPS) is 16.8. The molecule has 0 saturated heterocycles. The Labute approximate surface area is 156 Å². The Morgan fingerprint density at radius 3 is 2.73 bits per heavy atom. The highest BCUT2D eigenvalue weighted by molar-refractivity contribution is 5.45. The van der Waals surface area contributed by atoms with E-state index in [1.54, 1.807) is 7.11 Å². The van der Waals surface area contributed by atoms with Crippen LogP contribution in [0.1, 0.15) is 43.5 Å². The largest absolute Gasteiger partial charge is 0.497 e. The zero-order chi connectivity index (χ0) is 18.7. The van der Waals surface area contributed by atoms with Crippen molar-refractivity contribution in [1.82, 2.24) is 9.97 Å². The van der Waals surface area contributed by atoms with Gasteiger partial charge in [-0.3, -0.25) is 0 Å². The lowest BCUT2D eigenvalue weighted by Gasteiger charge is -2.23. The van der Waals surface area contributed by atoms with Crippen LogP contribution in [0.25, 0.3) is 0 Å². The number of hydrogen-bond donors (Lipinski definition) is 1. The van der Waals surface area contributed by atoms with Gasteiger partial charge in [0.15, 0.2) is 0 Å². The Morgan fingerprint density at radius 1 is 1.19 bits per heavy atom. The average Bonchev–Trinajstić information content (AvgIpc) is 2.81. The van der Waals surface area contributed by atoms with Crippen LogP contribution in [0, 0.1) is 6.92 Å². The Morgan fingerprint density at radius 2 is 2.00 bits per heavy atom. The molecule has 26 heavy (non-hydrogen) atoms. The van der Waals surface area contributed by atoms with Gasteiger partial charge in [-0.15, -0.1) is 0 Å². The Balaban J connectivity index is 1.80. The van der Waals surface area contributed by atoms with Crippen molar-refractivity contribution in [2.45, 2.75) is 58.5 Å². The van der Waals surface area contributed by atoms with Crippen molar-refractivity contribution in [3.8, 4) is 5.75 Å². The molecular formula is C21H30N4O. The molecule has 5 nitrogen and oxygen atoms in total. The first kappa shape index (κ1) is 18.5. The lowest BCUT2D eigenvalue weighted by molar-refractivity contribution is 0.414. The van der Waals surface area contributed by atoms with Crippen LogP contribution in [0.3, 0.4) is 0 Å². The summed E-state index contributed by atoms with van der Waals surface area (Å²) in [6.07, 6.45) is 4.43. The third-order valence-electron chi connectivity index (χ3n) is 5.16. The Hall–Kier alpha value is -2.30. The summed E-state index contributed by atoms with van der Waals surface area (Å²) in [5.74, 6) is 2.62. The summed E-state index contributed by atoms with van der Waals surface area (Å²) in [5.41, 5.74) is 3.81. The molecular weight excluding hydrogens is 324 g/mol.